The van der Waals surface area contributed by atoms with Crippen LogP contribution in [-0.2, 0) is 0 Å². The van der Waals surface area contributed by atoms with Crippen molar-refractivity contribution in [2.24, 2.45) is 0 Å². The number of hydrogen-bond donors (Lipinski definition) is 1. The number of nitrogen functional groups attached to an aromatic ring is 1. The van der Waals surface area contributed by atoms with Gasteiger partial charge in [-0.15, -0.1) is 0 Å². The normalized spacial score (nSPS) is 10.4. The van der Waals surface area contributed by atoms with Crippen LogP contribution in [0.1, 0.15) is 24.3 Å². The molecule has 0 fully saturated rings. The van der Waals surface area contributed by atoms with Crippen molar-refractivity contribution in [3.63, 3.8) is 0 Å². The Labute approximate surface area is 128 Å². The number of rotatable bonds is 5. The molecule has 110 valence electrons. The van der Waals surface area contributed by atoms with E-state index in [2.05, 4.69) is 9.97 Å². The molecule has 2 rings (SSSR count). The Hall–Kier alpha value is -2.08. The van der Waals surface area contributed by atoms with Gasteiger partial charge in [-0.1, -0.05) is 11.8 Å². The van der Waals surface area contributed by atoms with Crippen LogP contribution < -0.4 is 5.73 Å². The van der Waals surface area contributed by atoms with Gasteiger partial charge in [0.05, 0.1) is 5.69 Å². The fourth-order valence-electron chi connectivity index (χ4n) is 1.86. The van der Waals surface area contributed by atoms with E-state index in [0.717, 1.165) is 9.92 Å². The summed E-state index contributed by atoms with van der Waals surface area (Å²) in [5.74, 6) is -0.0588. The van der Waals surface area contributed by atoms with E-state index >= 15 is 0 Å². The van der Waals surface area contributed by atoms with Crippen LogP contribution in [0.25, 0.3) is 0 Å². The molecule has 0 aliphatic rings. The Morgan fingerprint density at radius 3 is 2.67 bits per heavy atom. The summed E-state index contributed by atoms with van der Waals surface area (Å²) in [6.07, 6.45) is 3.33. The van der Waals surface area contributed by atoms with Crippen LogP contribution in [0.3, 0.4) is 0 Å². The zero-order valence-corrected chi connectivity index (χ0v) is 12.9. The van der Waals surface area contributed by atoms with Gasteiger partial charge in [0.15, 0.2) is 0 Å². The van der Waals surface area contributed by atoms with E-state index in [-0.39, 0.29) is 5.91 Å². The molecule has 2 N–H and O–H groups in total. The molecule has 0 aliphatic carbocycles. The molecule has 2 aromatic rings. The quantitative estimate of drug-likeness (QED) is 0.919. The van der Waals surface area contributed by atoms with E-state index < -0.39 is 0 Å². The Balaban J connectivity index is 2.22. The van der Waals surface area contributed by atoms with Crippen molar-refractivity contribution >= 4 is 23.4 Å². The lowest BCUT2D eigenvalue weighted by Crippen LogP contribution is -2.31. The Kier molecular flexibility index (Phi) is 5.16. The smallest absolute Gasteiger partial charge is 0.272 e. The van der Waals surface area contributed by atoms with Crippen molar-refractivity contribution in [1.29, 1.82) is 0 Å². The number of anilines is 1. The summed E-state index contributed by atoms with van der Waals surface area (Å²) >= 11 is 1.43. The van der Waals surface area contributed by atoms with Gasteiger partial charge in [0.25, 0.3) is 5.91 Å². The molecule has 2 aromatic heterocycles. The van der Waals surface area contributed by atoms with Gasteiger partial charge >= 0.3 is 0 Å². The van der Waals surface area contributed by atoms with Crippen molar-refractivity contribution in [3.8, 4) is 0 Å². The highest BCUT2D eigenvalue weighted by atomic mass is 32.2. The molecule has 0 atom stereocenters. The summed E-state index contributed by atoms with van der Waals surface area (Å²) in [7, 11) is 0. The van der Waals surface area contributed by atoms with E-state index in [4.69, 9.17) is 5.73 Å². The Morgan fingerprint density at radius 1 is 1.24 bits per heavy atom. The maximum atomic E-state index is 12.3. The minimum atomic E-state index is -0.0588. The first kappa shape index (κ1) is 15.3. The molecule has 0 radical (unpaired) electrons. The van der Waals surface area contributed by atoms with Crippen molar-refractivity contribution in [1.82, 2.24) is 14.9 Å². The molecule has 0 saturated heterocycles. The summed E-state index contributed by atoms with van der Waals surface area (Å²) in [5, 5.41) is 0.727. The number of pyridine rings is 2. The molecule has 21 heavy (non-hydrogen) atoms. The molecule has 1 amide bonds. The fourth-order valence-corrected chi connectivity index (χ4v) is 2.69. The zero-order valence-electron chi connectivity index (χ0n) is 12.1. The monoisotopic (exact) mass is 302 g/mol. The van der Waals surface area contributed by atoms with Crippen LogP contribution in [-0.4, -0.2) is 33.9 Å². The third kappa shape index (κ3) is 3.72. The SMILES string of the molecule is CCN(CC)C(=O)c1cc(Sc2ncccc2N)ccn1. The van der Waals surface area contributed by atoms with Crippen LogP contribution in [0.5, 0.6) is 0 Å². The van der Waals surface area contributed by atoms with Gasteiger partial charge in [-0.25, -0.2) is 4.98 Å². The third-order valence-corrected chi connectivity index (χ3v) is 4.04. The molecule has 0 aliphatic heterocycles. The highest BCUT2D eigenvalue weighted by Crippen LogP contribution is 2.29. The molecule has 0 aromatic carbocycles. The summed E-state index contributed by atoms with van der Waals surface area (Å²) < 4.78 is 0. The molecular weight excluding hydrogens is 284 g/mol. The van der Waals surface area contributed by atoms with Crippen molar-refractivity contribution in [2.75, 3.05) is 18.8 Å². The number of nitrogens with zero attached hydrogens (tertiary/aromatic N) is 3. The topological polar surface area (TPSA) is 72.1 Å². The molecule has 0 spiro atoms. The van der Waals surface area contributed by atoms with Crippen LogP contribution in [0.2, 0.25) is 0 Å². The van der Waals surface area contributed by atoms with Crippen LogP contribution >= 0.6 is 11.8 Å². The minimum Gasteiger partial charge on any atom is -0.397 e. The lowest BCUT2D eigenvalue weighted by Gasteiger charge is -2.18. The standard InChI is InChI=1S/C15H18N4OS/c1-3-19(4-2)15(20)13-10-11(7-9-17-13)21-14-12(16)6-5-8-18-14/h5-10H,3-4,16H2,1-2H3. The van der Waals surface area contributed by atoms with E-state index in [1.807, 2.05) is 19.9 Å². The number of amides is 1. The number of nitrogens with two attached hydrogens (primary N) is 1. The van der Waals surface area contributed by atoms with Crippen LogP contribution in [0, 0.1) is 0 Å². The number of aromatic nitrogens is 2. The second kappa shape index (κ2) is 7.08. The largest absolute Gasteiger partial charge is 0.397 e. The van der Waals surface area contributed by atoms with E-state index in [1.54, 1.807) is 35.5 Å². The van der Waals surface area contributed by atoms with Gasteiger partial charge in [0.2, 0.25) is 0 Å². The molecule has 0 saturated carbocycles. The maximum Gasteiger partial charge on any atom is 0.272 e. The first-order valence-corrected chi connectivity index (χ1v) is 7.61. The van der Waals surface area contributed by atoms with Gasteiger partial charge in [-0.3, -0.25) is 9.78 Å². The van der Waals surface area contributed by atoms with Crippen LogP contribution in [0.15, 0.2) is 46.6 Å². The zero-order chi connectivity index (χ0) is 15.2. The van der Waals surface area contributed by atoms with Gasteiger partial charge in [-0.2, -0.15) is 0 Å². The van der Waals surface area contributed by atoms with Crippen LogP contribution in [0.4, 0.5) is 5.69 Å². The van der Waals surface area contributed by atoms with Gasteiger partial charge in [-0.05, 0) is 38.1 Å². The second-order valence-electron chi connectivity index (χ2n) is 4.35. The van der Waals surface area contributed by atoms with Crippen molar-refractivity contribution < 1.29 is 4.79 Å². The van der Waals surface area contributed by atoms with Crippen molar-refractivity contribution in [2.45, 2.75) is 23.8 Å². The van der Waals surface area contributed by atoms with E-state index in [1.165, 1.54) is 11.8 Å². The van der Waals surface area contributed by atoms with E-state index in [9.17, 15) is 4.79 Å². The highest BCUT2D eigenvalue weighted by Gasteiger charge is 2.14. The van der Waals surface area contributed by atoms with Gasteiger partial charge < -0.3 is 10.6 Å². The minimum absolute atomic E-state index is 0.0588. The molecular formula is C15H18N4OS. The third-order valence-electron chi connectivity index (χ3n) is 3.02. The molecule has 0 bridgehead atoms. The summed E-state index contributed by atoms with van der Waals surface area (Å²) in [4.78, 5) is 23.3. The Bertz CT molecular complexity index is 629. The number of carbonyl (C=O) groups is 1. The predicted octanol–water partition coefficient (Wildman–Crippen LogP) is 2.69. The number of hydrogen-bond acceptors (Lipinski definition) is 5. The highest BCUT2D eigenvalue weighted by molar-refractivity contribution is 7.99. The summed E-state index contributed by atoms with van der Waals surface area (Å²) in [6, 6.07) is 7.22. The van der Waals surface area contributed by atoms with Gasteiger partial charge in [0.1, 0.15) is 10.7 Å². The average Bonchev–Trinajstić information content (AvgIpc) is 2.51. The first-order valence-electron chi connectivity index (χ1n) is 6.79. The first-order chi connectivity index (χ1) is 10.2. The summed E-state index contributed by atoms with van der Waals surface area (Å²) in [6.45, 7) is 5.24. The van der Waals surface area contributed by atoms with E-state index in [0.29, 0.717) is 24.5 Å². The Morgan fingerprint density at radius 2 is 2.00 bits per heavy atom. The van der Waals surface area contributed by atoms with Crippen molar-refractivity contribution in [3.05, 3.63) is 42.4 Å². The number of carbonyl (C=O) groups excluding carboxylic acids is 1. The molecule has 6 heteroatoms. The molecule has 5 nitrogen and oxygen atoms in total. The lowest BCUT2D eigenvalue weighted by atomic mass is 10.3. The summed E-state index contributed by atoms with van der Waals surface area (Å²) in [5.41, 5.74) is 6.95. The fraction of sp³-hybridized carbons (Fsp3) is 0.267. The molecule has 2 heterocycles. The second-order valence-corrected chi connectivity index (χ2v) is 5.42. The van der Waals surface area contributed by atoms with Gasteiger partial charge in [0, 0.05) is 30.4 Å². The molecule has 0 unspecified atom stereocenters. The lowest BCUT2D eigenvalue weighted by molar-refractivity contribution is 0.0767. The average molecular weight is 302 g/mol. The maximum absolute atomic E-state index is 12.3. The predicted molar refractivity (Wildman–Crippen MR) is 84.3 cm³/mol.